The smallest absolute Gasteiger partial charge is 0.156 e. The standard InChI is InChI=1S/C24H29NO3/c1-26-23-12-6-5-11-21(23)20-10-7-13-25(17-20)22(24-18-27-14-15-28-24)16-19-8-3-2-4-9-19/h2-3,5-6,8,11-12,14-15,18,20,22H,4,7,9-10,13,16-17H2,1H3. The molecule has 0 radical (unpaired) electrons. The molecule has 2 unspecified atom stereocenters. The Morgan fingerprint density at radius 2 is 2.18 bits per heavy atom. The SMILES string of the molecule is COc1ccccc1C1CCCN(C(CC2=CC=CCC2)C2=COC=CO2)C1. The lowest BCUT2D eigenvalue weighted by atomic mass is 9.87. The maximum absolute atomic E-state index is 5.86. The molecule has 28 heavy (non-hydrogen) atoms. The second kappa shape index (κ2) is 9.16. The van der Waals surface area contributed by atoms with E-state index in [-0.39, 0.29) is 6.04 Å². The fraction of sp³-hybridized carbons (Fsp3) is 0.417. The number of benzene rings is 1. The van der Waals surface area contributed by atoms with E-state index in [1.165, 1.54) is 24.0 Å². The van der Waals surface area contributed by atoms with Crippen LogP contribution in [-0.4, -0.2) is 31.1 Å². The first-order valence-corrected chi connectivity index (χ1v) is 10.2. The van der Waals surface area contributed by atoms with Crippen molar-refractivity contribution >= 4 is 0 Å². The van der Waals surface area contributed by atoms with Gasteiger partial charge in [0.15, 0.2) is 5.76 Å². The van der Waals surface area contributed by atoms with Gasteiger partial charge in [0.25, 0.3) is 0 Å². The summed E-state index contributed by atoms with van der Waals surface area (Å²) in [5.41, 5.74) is 2.79. The van der Waals surface area contributed by atoms with Gasteiger partial charge in [-0.05, 0) is 50.3 Å². The van der Waals surface area contributed by atoms with Gasteiger partial charge >= 0.3 is 0 Å². The summed E-state index contributed by atoms with van der Waals surface area (Å²) in [7, 11) is 1.76. The topological polar surface area (TPSA) is 30.9 Å². The van der Waals surface area contributed by atoms with Gasteiger partial charge in [-0.25, -0.2) is 0 Å². The molecule has 1 fully saturated rings. The number of likely N-dealkylation sites (tertiary alicyclic amines) is 1. The molecule has 1 saturated heterocycles. The summed E-state index contributed by atoms with van der Waals surface area (Å²) >= 11 is 0. The minimum atomic E-state index is 0.195. The van der Waals surface area contributed by atoms with Crippen LogP contribution in [0.25, 0.3) is 0 Å². The van der Waals surface area contributed by atoms with Gasteiger partial charge in [-0.3, -0.25) is 4.90 Å². The van der Waals surface area contributed by atoms with Crippen LogP contribution in [0.1, 0.15) is 43.6 Å². The van der Waals surface area contributed by atoms with Gasteiger partial charge in [0.2, 0.25) is 0 Å². The zero-order valence-electron chi connectivity index (χ0n) is 16.5. The van der Waals surface area contributed by atoms with E-state index in [0.29, 0.717) is 5.92 Å². The van der Waals surface area contributed by atoms with Gasteiger partial charge < -0.3 is 14.2 Å². The Balaban J connectivity index is 1.55. The Labute approximate surface area is 167 Å². The van der Waals surface area contributed by atoms with Crippen LogP contribution in [0, 0.1) is 0 Å². The number of allylic oxidation sites excluding steroid dienone is 3. The first-order chi connectivity index (χ1) is 13.8. The first kappa shape index (κ1) is 18.9. The van der Waals surface area contributed by atoms with Crippen molar-refractivity contribution in [3.05, 3.63) is 78.2 Å². The minimum Gasteiger partial charge on any atom is -0.496 e. The van der Waals surface area contributed by atoms with E-state index < -0.39 is 0 Å². The third-order valence-electron chi connectivity index (χ3n) is 5.88. The molecule has 0 saturated carbocycles. The second-order valence-corrected chi connectivity index (χ2v) is 7.63. The summed E-state index contributed by atoms with van der Waals surface area (Å²) in [5, 5.41) is 0. The van der Waals surface area contributed by atoms with E-state index in [9.17, 15) is 0 Å². The summed E-state index contributed by atoms with van der Waals surface area (Å²) in [5.74, 6) is 2.36. The molecule has 0 N–H and O–H groups in total. The highest BCUT2D eigenvalue weighted by Crippen LogP contribution is 2.36. The van der Waals surface area contributed by atoms with Gasteiger partial charge in [0, 0.05) is 12.5 Å². The molecule has 4 rings (SSSR count). The summed E-state index contributed by atoms with van der Waals surface area (Å²) in [6.45, 7) is 2.07. The van der Waals surface area contributed by atoms with Crippen LogP contribution in [0.5, 0.6) is 5.75 Å². The molecule has 2 heterocycles. The molecule has 0 amide bonds. The Hall–Kier alpha value is -2.46. The molecule has 0 bridgehead atoms. The van der Waals surface area contributed by atoms with Crippen LogP contribution >= 0.6 is 0 Å². The third-order valence-corrected chi connectivity index (χ3v) is 5.88. The summed E-state index contributed by atoms with van der Waals surface area (Å²) < 4.78 is 16.9. The highest BCUT2D eigenvalue weighted by atomic mass is 16.5. The molecule has 2 aliphatic heterocycles. The van der Waals surface area contributed by atoms with Crippen LogP contribution in [0.15, 0.2) is 72.6 Å². The van der Waals surface area contributed by atoms with Crippen molar-refractivity contribution in [2.45, 2.75) is 44.1 Å². The maximum atomic E-state index is 5.86. The van der Waals surface area contributed by atoms with Gasteiger partial charge in [0.05, 0.1) is 13.2 Å². The monoisotopic (exact) mass is 379 g/mol. The van der Waals surface area contributed by atoms with Crippen LogP contribution in [0.2, 0.25) is 0 Å². The summed E-state index contributed by atoms with van der Waals surface area (Å²) in [4.78, 5) is 2.56. The molecule has 4 nitrogen and oxygen atoms in total. The fourth-order valence-electron chi connectivity index (χ4n) is 4.46. The average Bonchev–Trinajstić information content (AvgIpc) is 2.79. The molecular weight excluding hydrogens is 350 g/mol. The van der Waals surface area contributed by atoms with Crippen LogP contribution in [0.3, 0.4) is 0 Å². The van der Waals surface area contributed by atoms with E-state index in [1.54, 1.807) is 25.9 Å². The molecule has 1 aromatic carbocycles. The number of ether oxygens (including phenoxy) is 3. The maximum Gasteiger partial charge on any atom is 0.156 e. The number of methoxy groups -OCH3 is 1. The molecule has 148 valence electrons. The molecule has 4 heteroatoms. The number of nitrogens with zero attached hydrogens (tertiary/aromatic N) is 1. The van der Waals surface area contributed by atoms with Crippen LogP contribution in [0.4, 0.5) is 0 Å². The van der Waals surface area contributed by atoms with E-state index in [2.05, 4.69) is 41.3 Å². The van der Waals surface area contributed by atoms with Gasteiger partial charge in [-0.1, -0.05) is 42.0 Å². The lowest BCUT2D eigenvalue weighted by Crippen LogP contribution is -2.43. The molecular formula is C24H29NO3. The Kier molecular flexibility index (Phi) is 6.17. The van der Waals surface area contributed by atoms with E-state index in [0.717, 1.165) is 43.9 Å². The third kappa shape index (κ3) is 4.33. The van der Waals surface area contributed by atoms with Crippen molar-refractivity contribution in [3.63, 3.8) is 0 Å². The van der Waals surface area contributed by atoms with Crippen molar-refractivity contribution in [1.29, 1.82) is 0 Å². The fourth-order valence-corrected chi connectivity index (χ4v) is 4.46. The van der Waals surface area contributed by atoms with Crippen molar-refractivity contribution in [2.24, 2.45) is 0 Å². The van der Waals surface area contributed by atoms with Gasteiger partial charge in [-0.15, -0.1) is 0 Å². The largest absolute Gasteiger partial charge is 0.496 e. The van der Waals surface area contributed by atoms with E-state index in [4.69, 9.17) is 14.2 Å². The predicted octanol–water partition coefficient (Wildman–Crippen LogP) is 5.27. The summed E-state index contributed by atoms with van der Waals surface area (Å²) in [6, 6.07) is 8.62. The molecule has 1 aromatic rings. The zero-order chi connectivity index (χ0) is 19.2. The number of hydrogen-bond acceptors (Lipinski definition) is 4. The van der Waals surface area contributed by atoms with Gasteiger partial charge in [0.1, 0.15) is 24.5 Å². The van der Waals surface area contributed by atoms with Crippen molar-refractivity contribution in [2.75, 3.05) is 20.2 Å². The zero-order valence-corrected chi connectivity index (χ0v) is 16.5. The normalized spacial score (nSPS) is 23.2. The average molecular weight is 380 g/mol. The Morgan fingerprint density at radius 1 is 1.25 bits per heavy atom. The number of para-hydroxylation sites is 1. The highest BCUT2D eigenvalue weighted by Gasteiger charge is 2.32. The lowest BCUT2D eigenvalue weighted by molar-refractivity contribution is 0.115. The Bertz CT molecular complexity index is 793. The number of rotatable bonds is 6. The van der Waals surface area contributed by atoms with E-state index in [1.807, 2.05) is 6.07 Å². The molecule has 0 aromatic heterocycles. The quantitative estimate of drug-likeness (QED) is 0.674. The van der Waals surface area contributed by atoms with E-state index >= 15 is 0 Å². The number of piperidine rings is 1. The summed E-state index contributed by atoms with van der Waals surface area (Å²) in [6.07, 6.45) is 17.2. The molecule has 2 atom stereocenters. The van der Waals surface area contributed by atoms with Gasteiger partial charge in [-0.2, -0.15) is 0 Å². The lowest BCUT2D eigenvalue weighted by Gasteiger charge is -2.39. The second-order valence-electron chi connectivity index (χ2n) is 7.63. The molecule has 0 spiro atoms. The predicted molar refractivity (Wildman–Crippen MR) is 111 cm³/mol. The first-order valence-electron chi connectivity index (χ1n) is 10.2. The van der Waals surface area contributed by atoms with Crippen LogP contribution in [-0.2, 0) is 9.47 Å². The molecule has 3 aliphatic rings. The Morgan fingerprint density at radius 3 is 2.96 bits per heavy atom. The van der Waals surface area contributed by atoms with Crippen molar-refractivity contribution < 1.29 is 14.2 Å². The van der Waals surface area contributed by atoms with Crippen molar-refractivity contribution in [3.8, 4) is 5.75 Å². The highest BCUT2D eigenvalue weighted by molar-refractivity contribution is 5.37. The number of hydrogen-bond donors (Lipinski definition) is 0. The minimum absolute atomic E-state index is 0.195. The van der Waals surface area contributed by atoms with Crippen molar-refractivity contribution in [1.82, 2.24) is 4.90 Å². The molecule has 1 aliphatic carbocycles. The van der Waals surface area contributed by atoms with Crippen LogP contribution < -0.4 is 4.74 Å².